The summed E-state index contributed by atoms with van der Waals surface area (Å²) in [6.07, 6.45) is 0.739. The van der Waals surface area contributed by atoms with Crippen molar-refractivity contribution in [2.75, 3.05) is 7.11 Å². The number of benzene rings is 1. The lowest BCUT2D eigenvalue weighted by Crippen LogP contribution is -2.27. The van der Waals surface area contributed by atoms with Crippen LogP contribution in [0.3, 0.4) is 0 Å². The van der Waals surface area contributed by atoms with Gasteiger partial charge < -0.3 is 14.9 Å². The normalized spacial score (nSPS) is 15.9. The van der Waals surface area contributed by atoms with Crippen LogP contribution in [0.5, 0.6) is 5.75 Å². The van der Waals surface area contributed by atoms with Crippen molar-refractivity contribution in [2.45, 2.75) is 58.2 Å². The van der Waals surface area contributed by atoms with Crippen LogP contribution in [0.4, 0.5) is 0 Å². The number of hydrogen-bond donors (Lipinski definition) is 2. The van der Waals surface area contributed by atoms with Crippen molar-refractivity contribution in [3.05, 3.63) is 29.3 Å². The van der Waals surface area contributed by atoms with Crippen molar-refractivity contribution in [3.63, 3.8) is 0 Å². The highest BCUT2D eigenvalue weighted by atomic mass is 16.5. The van der Waals surface area contributed by atoms with E-state index in [-0.39, 0.29) is 5.92 Å². The van der Waals surface area contributed by atoms with Gasteiger partial charge >= 0.3 is 0 Å². The van der Waals surface area contributed by atoms with E-state index in [1.807, 2.05) is 32.0 Å². The predicted molar refractivity (Wildman–Crippen MR) is 77.7 cm³/mol. The molecule has 0 heterocycles. The number of ether oxygens (including phenoxy) is 1. The lowest BCUT2D eigenvalue weighted by atomic mass is 9.89. The minimum absolute atomic E-state index is 0.151. The third-order valence-electron chi connectivity index (χ3n) is 3.62. The van der Waals surface area contributed by atoms with Crippen molar-refractivity contribution in [2.24, 2.45) is 0 Å². The molecule has 2 N–H and O–H groups in total. The number of rotatable bonds is 7. The van der Waals surface area contributed by atoms with E-state index >= 15 is 0 Å². The van der Waals surface area contributed by atoms with E-state index < -0.39 is 12.2 Å². The van der Waals surface area contributed by atoms with Crippen LogP contribution < -0.4 is 4.74 Å². The molecule has 0 spiro atoms. The second-order valence-electron chi connectivity index (χ2n) is 5.25. The van der Waals surface area contributed by atoms with E-state index in [0.29, 0.717) is 12.8 Å². The molecule has 0 aliphatic heterocycles. The molecule has 19 heavy (non-hydrogen) atoms. The molecular weight excluding hydrogens is 240 g/mol. The fraction of sp³-hybridized carbons (Fsp3) is 0.625. The van der Waals surface area contributed by atoms with Gasteiger partial charge in [0.05, 0.1) is 19.3 Å². The molecule has 3 unspecified atom stereocenters. The first-order valence-electron chi connectivity index (χ1n) is 7.00. The Morgan fingerprint density at radius 1 is 1.21 bits per heavy atom. The fourth-order valence-corrected chi connectivity index (χ4v) is 2.59. The number of aryl methyl sites for hydroxylation is 1. The van der Waals surface area contributed by atoms with Gasteiger partial charge in [0.1, 0.15) is 5.75 Å². The van der Waals surface area contributed by atoms with Crippen molar-refractivity contribution in [3.8, 4) is 5.75 Å². The molecule has 0 bridgehead atoms. The van der Waals surface area contributed by atoms with E-state index in [2.05, 4.69) is 6.92 Å². The maximum absolute atomic E-state index is 10.0. The molecule has 0 amide bonds. The first-order chi connectivity index (χ1) is 9.01. The number of aliphatic hydroxyl groups excluding tert-OH is 2. The molecule has 0 saturated carbocycles. The molecule has 0 aliphatic rings. The Morgan fingerprint density at radius 2 is 1.89 bits per heavy atom. The zero-order valence-corrected chi connectivity index (χ0v) is 12.4. The number of hydrogen-bond acceptors (Lipinski definition) is 3. The predicted octanol–water partition coefficient (Wildman–Crippen LogP) is 3.02. The molecule has 0 aromatic heterocycles. The molecule has 0 fully saturated rings. The summed E-state index contributed by atoms with van der Waals surface area (Å²) >= 11 is 0. The summed E-state index contributed by atoms with van der Waals surface area (Å²) in [5, 5.41) is 19.9. The zero-order valence-electron chi connectivity index (χ0n) is 12.4. The second-order valence-corrected chi connectivity index (χ2v) is 5.25. The Morgan fingerprint density at radius 3 is 2.47 bits per heavy atom. The van der Waals surface area contributed by atoms with Gasteiger partial charge in [-0.2, -0.15) is 0 Å². The van der Waals surface area contributed by atoms with Gasteiger partial charge in [0, 0.05) is 0 Å². The quantitative estimate of drug-likeness (QED) is 0.797. The monoisotopic (exact) mass is 266 g/mol. The highest BCUT2D eigenvalue weighted by Gasteiger charge is 2.22. The van der Waals surface area contributed by atoms with Crippen LogP contribution in [0.2, 0.25) is 0 Å². The Hall–Kier alpha value is -1.06. The molecule has 0 aliphatic carbocycles. The van der Waals surface area contributed by atoms with Crippen LogP contribution in [0, 0.1) is 6.92 Å². The summed E-state index contributed by atoms with van der Waals surface area (Å²) < 4.78 is 5.39. The minimum Gasteiger partial charge on any atom is -0.496 e. The van der Waals surface area contributed by atoms with Gasteiger partial charge in [0.25, 0.3) is 0 Å². The van der Waals surface area contributed by atoms with Crippen molar-refractivity contribution < 1.29 is 14.9 Å². The maximum Gasteiger partial charge on any atom is 0.122 e. The largest absolute Gasteiger partial charge is 0.496 e. The zero-order chi connectivity index (χ0) is 14.4. The third-order valence-corrected chi connectivity index (χ3v) is 3.62. The summed E-state index contributed by atoms with van der Waals surface area (Å²) in [5.41, 5.74) is 2.27. The molecule has 3 atom stereocenters. The molecular formula is C16H26O3. The van der Waals surface area contributed by atoms with Crippen LogP contribution >= 0.6 is 0 Å². The van der Waals surface area contributed by atoms with E-state index in [1.165, 1.54) is 0 Å². The fourth-order valence-electron chi connectivity index (χ4n) is 2.59. The maximum atomic E-state index is 10.0. The average Bonchev–Trinajstić information content (AvgIpc) is 2.38. The van der Waals surface area contributed by atoms with Gasteiger partial charge in [0.15, 0.2) is 0 Å². The van der Waals surface area contributed by atoms with Crippen molar-refractivity contribution in [1.29, 1.82) is 0 Å². The molecule has 1 rings (SSSR count). The molecule has 0 radical (unpaired) electrons. The van der Waals surface area contributed by atoms with E-state index in [4.69, 9.17) is 4.74 Å². The van der Waals surface area contributed by atoms with Gasteiger partial charge in [0.2, 0.25) is 0 Å². The SMILES string of the molecule is CCCC(O)C(O)CC(C)c1c(C)cccc1OC. The Bertz CT molecular complexity index is 390. The smallest absolute Gasteiger partial charge is 0.122 e. The Balaban J connectivity index is 2.80. The molecule has 0 saturated heterocycles. The standard InChI is InChI=1S/C16H26O3/c1-5-7-13(17)14(18)10-12(3)16-11(2)8-6-9-15(16)19-4/h6,8-9,12-14,17-18H,5,7,10H2,1-4H3. The van der Waals surface area contributed by atoms with Gasteiger partial charge in [-0.15, -0.1) is 0 Å². The average molecular weight is 266 g/mol. The van der Waals surface area contributed by atoms with Crippen molar-refractivity contribution >= 4 is 0 Å². The Labute approximate surface area is 116 Å². The topological polar surface area (TPSA) is 49.7 Å². The number of methoxy groups -OCH3 is 1. The van der Waals surface area contributed by atoms with Crippen molar-refractivity contribution in [1.82, 2.24) is 0 Å². The van der Waals surface area contributed by atoms with Gasteiger partial charge in [-0.3, -0.25) is 0 Å². The van der Waals surface area contributed by atoms with Crippen LogP contribution in [-0.2, 0) is 0 Å². The molecule has 1 aromatic carbocycles. The summed E-state index contributed by atoms with van der Waals surface area (Å²) in [5.74, 6) is 1.00. The third kappa shape index (κ3) is 4.22. The highest BCUT2D eigenvalue weighted by Crippen LogP contribution is 2.33. The van der Waals surface area contributed by atoms with Gasteiger partial charge in [-0.25, -0.2) is 0 Å². The minimum atomic E-state index is -0.681. The molecule has 108 valence electrons. The summed E-state index contributed by atoms with van der Waals surface area (Å²) in [4.78, 5) is 0. The van der Waals surface area contributed by atoms with Gasteiger partial charge in [-0.1, -0.05) is 32.4 Å². The summed E-state index contributed by atoms with van der Waals surface area (Å²) in [7, 11) is 1.66. The first kappa shape index (κ1) is 16.0. The van der Waals surface area contributed by atoms with Crippen LogP contribution in [0.15, 0.2) is 18.2 Å². The summed E-state index contributed by atoms with van der Waals surface area (Å²) in [6, 6.07) is 5.95. The van der Waals surface area contributed by atoms with E-state index in [9.17, 15) is 10.2 Å². The van der Waals surface area contributed by atoms with Crippen LogP contribution in [0.25, 0.3) is 0 Å². The molecule has 3 nitrogen and oxygen atoms in total. The highest BCUT2D eigenvalue weighted by molar-refractivity contribution is 5.42. The summed E-state index contributed by atoms with van der Waals surface area (Å²) in [6.45, 7) is 6.11. The molecule has 1 aromatic rings. The van der Waals surface area contributed by atoms with Crippen LogP contribution in [0.1, 0.15) is 50.2 Å². The van der Waals surface area contributed by atoms with E-state index in [0.717, 1.165) is 23.3 Å². The van der Waals surface area contributed by atoms with Crippen LogP contribution in [-0.4, -0.2) is 29.5 Å². The second kappa shape index (κ2) is 7.51. The Kier molecular flexibility index (Phi) is 6.32. The first-order valence-corrected chi connectivity index (χ1v) is 7.00. The number of aliphatic hydroxyl groups is 2. The lowest BCUT2D eigenvalue weighted by molar-refractivity contribution is 0.00625. The van der Waals surface area contributed by atoms with E-state index in [1.54, 1.807) is 7.11 Å². The van der Waals surface area contributed by atoms with Gasteiger partial charge in [-0.05, 0) is 42.9 Å². The molecule has 3 heteroatoms. The lowest BCUT2D eigenvalue weighted by Gasteiger charge is -2.23.